The molecule has 0 saturated heterocycles. The first-order chi connectivity index (χ1) is 10.2. The molecule has 0 fully saturated rings. The zero-order valence-corrected chi connectivity index (χ0v) is 12.3. The highest BCUT2D eigenvalue weighted by molar-refractivity contribution is 5.42. The number of aryl methyl sites for hydroxylation is 1. The highest BCUT2D eigenvalue weighted by atomic mass is 16.3. The van der Waals surface area contributed by atoms with Gasteiger partial charge in [-0.15, -0.1) is 6.58 Å². The summed E-state index contributed by atoms with van der Waals surface area (Å²) in [7, 11) is 0. The van der Waals surface area contributed by atoms with Crippen LogP contribution >= 0.6 is 0 Å². The van der Waals surface area contributed by atoms with E-state index in [9.17, 15) is 5.11 Å². The van der Waals surface area contributed by atoms with Gasteiger partial charge in [0.2, 0.25) is 0 Å². The van der Waals surface area contributed by atoms with Crippen LogP contribution in [-0.2, 0) is 5.60 Å². The maximum absolute atomic E-state index is 11.0. The summed E-state index contributed by atoms with van der Waals surface area (Å²) in [5.41, 5.74) is 1.68. The predicted octanol–water partition coefficient (Wildman–Crippen LogP) is 4.20. The zero-order chi connectivity index (χ0) is 15.1. The number of aliphatic hydroxyl groups is 1. The molecular formula is C20H20O. The molecule has 0 radical (unpaired) electrons. The minimum absolute atomic E-state index is 0.543. The topological polar surface area (TPSA) is 20.2 Å². The van der Waals surface area contributed by atoms with E-state index in [2.05, 4.69) is 18.4 Å². The molecule has 0 aliphatic rings. The van der Waals surface area contributed by atoms with Crippen LogP contribution < -0.4 is 0 Å². The number of hydrogen-bond acceptors (Lipinski definition) is 1. The minimum Gasteiger partial charge on any atom is -0.373 e. The fourth-order valence-corrected chi connectivity index (χ4v) is 2.31. The van der Waals surface area contributed by atoms with E-state index in [0.717, 1.165) is 16.7 Å². The van der Waals surface area contributed by atoms with E-state index >= 15 is 0 Å². The molecule has 0 bridgehead atoms. The van der Waals surface area contributed by atoms with Gasteiger partial charge in [-0.2, -0.15) is 0 Å². The lowest BCUT2D eigenvalue weighted by Crippen LogP contribution is -2.24. The minimum atomic E-state index is -1.14. The number of allylic oxidation sites excluding steroid dienone is 1. The third kappa shape index (κ3) is 3.84. The lowest BCUT2D eigenvalue weighted by Gasteiger charge is -2.24. The van der Waals surface area contributed by atoms with Crippen molar-refractivity contribution in [3.05, 3.63) is 83.9 Å². The number of benzene rings is 2. The molecule has 0 aromatic heterocycles. The lowest BCUT2D eigenvalue weighted by molar-refractivity contribution is 0.0907. The molecule has 0 saturated carbocycles. The van der Waals surface area contributed by atoms with Crippen LogP contribution in [0.25, 0.3) is 0 Å². The fourth-order valence-electron chi connectivity index (χ4n) is 2.31. The molecular weight excluding hydrogens is 256 g/mol. The Bertz CT molecular complexity index is 661. The van der Waals surface area contributed by atoms with Gasteiger partial charge in [-0.3, -0.25) is 0 Å². The number of rotatable bonds is 4. The predicted molar refractivity (Wildman–Crippen MR) is 87.8 cm³/mol. The molecule has 2 aromatic rings. The van der Waals surface area contributed by atoms with Crippen molar-refractivity contribution >= 4 is 0 Å². The smallest absolute Gasteiger partial charge is 0.151 e. The first kappa shape index (κ1) is 15.1. The highest BCUT2D eigenvalue weighted by Crippen LogP contribution is 2.28. The maximum Gasteiger partial charge on any atom is 0.151 e. The van der Waals surface area contributed by atoms with Crippen molar-refractivity contribution in [2.75, 3.05) is 0 Å². The number of hydrogen-bond donors (Lipinski definition) is 1. The largest absolute Gasteiger partial charge is 0.373 e. The molecule has 0 aliphatic heterocycles. The first-order valence-electron chi connectivity index (χ1n) is 7.13. The van der Waals surface area contributed by atoms with E-state index in [1.165, 1.54) is 0 Å². The van der Waals surface area contributed by atoms with Crippen LogP contribution in [0.4, 0.5) is 0 Å². The van der Waals surface area contributed by atoms with E-state index in [1.54, 1.807) is 0 Å². The van der Waals surface area contributed by atoms with Crippen LogP contribution in [0.5, 0.6) is 0 Å². The third-order valence-electron chi connectivity index (χ3n) is 3.49. The molecule has 106 valence electrons. The van der Waals surface area contributed by atoms with Crippen molar-refractivity contribution in [2.24, 2.45) is 0 Å². The van der Waals surface area contributed by atoms with Gasteiger partial charge in [0.1, 0.15) is 0 Å². The molecule has 1 atom stereocenters. The Hall–Kier alpha value is -2.30. The second-order valence-electron chi connectivity index (χ2n) is 5.12. The summed E-state index contributed by atoms with van der Waals surface area (Å²) in [6.45, 7) is 5.74. The van der Waals surface area contributed by atoms with Crippen LogP contribution in [0, 0.1) is 18.8 Å². The average Bonchev–Trinajstić information content (AvgIpc) is 2.52. The van der Waals surface area contributed by atoms with E-state index in [-0.39, 0.29) is 0 Å². The van der Waals surface area contributed by atoms with Crippen LogP contribution in [0.3, 0.4) is 0 Å². The Morgan fingerprint density at radius 3 is 2.43 bits per heavy atom. The van der Waals surface area contributed by atoms with Crippen molar-refractivity contribution in [1.82, 2.24) is 0 Å². The standard InChI is InChI=1S/C20H20O/c1-3-4-15-20(21,19-13-9-8-10-17(19)2)16-14-18-11-6-5-7-12-18/h3,5-13,21H,1,4,15H2,2H3. The Balaban J connectivity index is 2.41. The van der Waals surface area contributed by atoms with Crippen LogP contribution in [0.1, 0.15) is 29.5 Å². The summed E-state index contributed by atoms with van der Waals surface area (Å²) in [4.78, 5) is 0. The van der Waals surface area contributed by atoms with Crippen LogP contribution in [0.2, 0.25) is 0 Å². The Labute approximate surface area is 127 Å². The first-order valence-corrected chi connectivity index (χ1v) is 7.13. The molecule has 1 unspecified atom stereocenters. The normalized spacial score (nSPS) is 12.9. The molecule has 0 aliphatic carbocycles. The van der Waals surface area contributed by atoms with Crippen molar-refractivity contribution in [2.45, 2.75) is 25.4 Å². The summed E-state index contributed by atoms with van der Waals surface area (Å²) in [6.07, 6.45) is 3.07. The summed E-state index contributed by atoms with van der Waals surface area (Å²) in [5, 5.41) is 11.0. The van der Waals surface area contributed by atoms with Gasteiger partial charge in [0.15, 0.2) is 5.60 Å². The van der Waals surface area contributed by atoms with Gasteiger partial charge < -0.3 is 5.11 Å². The van der Waals surface area contributed by atoms with E-state index in [4.69, 9.17) is 0 Å². The van der Waals surface area contributed by atoms with Gasteiger partial charge in [-0.25, -0.2) is 0 Å². The highest BCUT2D eigenvalue weighted by Gasteiger charge is 2.27. The fraction of sp³-hybridized carbons (Fsp3) is 0.200. The zero-order valence-electron chi connectivity index (χ0n) is 12.3. The third-order valence-corrected chi connectivity index (χ3v) is 3.49. The van der Waals surface area contributed by atoms with Crippen molar-refractivity contribution < 1.29 is 5.11 Å². The molecule has 1 nitrogen and oxygen atoms in total. The Kier molecular flexibility index (Phi) is 4.98. The van der Waals surface area contributed by atoms with Gasteiger partial charge in [-0.1, -0.05) is 60.4 Å². The summed E-state index contributed by atoms with van der Waals surface area (Å²) < 4.78 is 0. The summed E-state index contributed by atoms with van der Waals surface area (Å²) in [6, 6.07) is 17.6. The second kappa shape index (κ2) is 6.92. The van der Waals surface area contributed by atoms with Gasteiger partial charge in [0, 0.05) is 5.56 Å². The Morgan fingerprint density at radius 2 is 1.76 bits per heavy atom. The van der Waals surface area contributed by atoms with Gasteiger partial charge in [-0.05, 0) is 43.0 Å². The second-order valence-corrected chi connectivity index (χ2v) is 5.12. The molecule has 2 rings (SSSR count). The molecule has 0 heterocycles. The quantitative estimate of drug-likeness (QED) is 0.655. The molecule has 0 spiro atoms. The maximum atomic E-state index is 11.0. The molecule has 21 heavy (non-hydrogen) atoms. The lowest BCUT2D eigenvalue weighted by atomic mass is 9.86. The molecule has 1 heteroatoms. The Morgan fingerprint density at radius 1 is 1.10 bits per heavy atom. The average molecular weight is 276 g/mol. The van der Waals surface area contributed by atoms with Crippen molar-refractivity contribution in [3.63, 3.8) is 0 Å². The van der Waals surface area contributed by atoms with Gasteiger partial charge in [0.25, 0.3) is 0 Å². The van der Waals surface area contributed by atoms with E-state index < -0.39 is 5.60 Å². The van der Waals surface area contributed by atoms with Gasteiger partial charge in [0.05, 0.1) is 0 Å². The van der Waals surface area contributed by atoms with E-state index in [0.29, 0.717) is 12.8 Å². The van der Waals surface area contributed by atoms with Crippen molar-refractivity contribution in [3.8, 4) is 11.8 Å². The molecule has 0 amide bonds. The molecule has 2 aromatic carbocycles. The molecule has 1 N–H and O–H groups in total. The van der Waals surface area contributed by atoms with Crippen LogP contribution in [0.15, 0.2) is 67.3 Å². The van der Waals surface area contributed by atoms with Crippen LogP contribution in [-0.4, -0.2) is 5.11 Å². The summed E-state index contributed by atoms with van der Waals surface area (Å²) >= 11 is 0. The summed E-state index contributed by atoms with van der Waals surface area (Å²) in [5.74, 6) is 6.15. The monoisotopic (exact) mass is 276 g/mol. The van der Waals surface area contributed by atoms with Crippen molar-refractivity contribution in [1.29, 1.82) is 0 Å². The van der Waals surface area contributed by atoms with E-state index in [1.807, 2.05) is 67.6 Å². The van der Waals surface area contributed by atoms with Gasteiger partial charge >= 0.3 is 0 Å². The SMILES string of the molecule is C=CCCC(O)(C#Cc1ccccc1)c1ccccc1C.